The number of nitriles is 1. The Balaban J connectivity index is 1.82. The van der Waals surface area contributed by atoms with Crippen LogP contribution in [0.15, 0.2) is 12.2 Å². The molecule has 100 valence electrons. The van der Waals surface area contributed by atoms with E-state index in [2.05, 4.69) is 25.1 Å². The van der Waals surface area contributed by atoms with Crippen molar-refractivity contribution >= 4 is 0 Å². The van der Waals surface area contributed by atoms with E-state index in [0.717, 1.165) is 25.7 Å². The van der Waals surface area contributed by atoms with E-state index in [1.165, 1.54) is 25.7 Å². The average Bonchev–Trinajstić information content (AvgIpc) is 2.76. The van der Waals surface area contributed by atoms with E-state index >= 15 is 0 Å². The molecule has 0 bridgehead atoms. The maximum absolute atomic E-state index is 10.3. The molecule has 0 saturated heterocycles. The van der Waals surface area contributed by atoms with Gasteiger partial charge in [0.05, 0.1) is 18.1 Å². The Morgan fingerprint density at radius 3 is 2.72 bits per heavy atom. The minimum atomic E-state index is -0.186. The van der Waals surface area contributed by atoms with Crippen molar-refractivity contribution in [2.75, 3.05) is 0 Å². The van der Waals surface area contributed by atoms with Gasteiger partial charge in [0.1, 0.15) is 0 Å². The molecule has 2 heteroatoms. The van der Waals surface area contributed by atoms with Crippen molar-refractivity contribution < 1.29 is 5.11 Å². The predicted molar refractivity (Wildman–Crippen MR) is 72.8 cm³/mol. The van der Waals surface area contributed by atoms with E-state index in [9.17, 15) is 5.11 Å². The molecule has 0 radical (unpaired) electrons. The van der Waals surface area contributed by atoms with Crippen molar-refractivity contribution in [3.8, 4) is 6.07 Å². The highest BCUT2D eigenvalue weighted by Crippen LogP contribution is 2.47. The number of allylic oxidation sites excluding steroid dienone is 1. The standard InChI is InChI=1S/C16H25NO/c1-2-16(10-5-11-16)15(18)9-4-7-13-6-3-8-14(13)12-17/h4,7,13-15,18H,2-3,5-6,8-11H2,1H3/b7-4+. The molecule has 0 aromatic rings. The quantitative estimate of drug-likeness (QED) is 0.751. The molecular formula is C16H25NO. The predicted octanol–water partition coefficient (Wildman–Crippen LogP) is 3.81. The SMILES string of the molecule is CCC1(C(O)C/C=C/C2CCCC2C#N)CCC1. The molecule has 0 amide bonds. The van der Waals surface area contributed by atoms with Crippen LogP contribution < -0.4 is 0 Å². The molecule has 18 heavy (non-hydrogen) atoms. The number of aliphatic hydroxyl groups is 1. The number of nitrogens with zero attached hydrogens (tertiary/aromatic N) is 1. The van der Waals surface area contributed by atoms with Gasteiger partial charge in [-0.05, 0) is 49.9 Å². The van der Waals surface area contributed by atoms with Gasteiger partial charge in [0, 0.05) is 0 Å². The summed E-state index contributed by atoms with van der Waals surface area (Å²) in [5.41, 5.74) is 0.203. The second-order valence-electron chi connectivity index (χ2n) is 6.08. The van der Waals surface area contributed by atoms with Crippen LogP contribution in [-0.4, -0.2) is 11.2 Å². The second kappa shape index (κ2) is 5.89. The van der Waals surface area contributed by atoms with Crippen molar-refractivity contribution in [2.24, 2.45) is 17.3 Å². The normalized spacial score (nSPS) is 32.1. The fourth-order valence-corrected chi connectivity index (χ4v) is 3.56. The molecule has 3 unspecified atom stereocenters. The summed E-state index contributed by atoms with van der Waals surface area (Å²) >= 11 is 0. The van der Waals surface area contributed by atoms with Gasteiger partial charge in [0.15, 0.2) is 0 Å². The molecule has 2 fully saturated rings. The Hall–Kier alpha value is -0.810. The van der Waals surface area contributed by atoms with Gasteiger partial charge in [-0.25, -0.2) is 0 Å². The number of rotatable bonds is 5. The molecule has 2 aliphatic rings. The van der Waals surface area contributed by atoms with Gasteiger partial charge in [0.25, 0.3) is 0 Å². The molecule has 2 rings (SSSR count). The Labute approximate surface area is 111 Å². The van der Waals surface area contributed by atoms with E-state index in [1.54, 1.807) is 0 Å². The Bertz CT molecular complexity index is 332. The fourth-order valence-electron chi connectivity index (χ4n) is 3.56. The molecule has 0 heterocycles. The maximum atomic E-state index is 10.3. The first-order valence-corrected chi connectivity index (χ1v) is 7.46. The lowest BCUT2D eigenvalue weighted by Crippen LogP contribution is -2.40. The molecule has 3 atom stereocenters. The second-order valence-corrected chi connectivity index (χ2v) is 6.08. The summed E-state index contributed by atoms with van der Waals surface area (Å²) in [5, 5.41) is 19.3. The van der Waals surface area contributed by atoms with E-state index < -0.39 is 0 Å². The Morgan fingerprint density at radius 2 is 2.17 bits per heavy atom. The summed E-state index contributed by atoms with van der Waals surface area (Å²) in [5.74, 6) is 0.642. The zero-order valence-corrected chi connectivity index (χ0v) is 11.4. The number of hydrogen-bond acceptors (Lipinski definition) is 2. The molecule has 2 nitrogen and oxygen atoms in total. The lowest BCUT2D eigenvalue weighted by Gasteiger charge is -2.45. The van der Waals surface area contributed by atoms with Gasteiger partial charge in [-0.1, -0.05) is 31.9 Å². The van der Waals surface area contributed by atoms with Crippen LogP contribution in [0.5, 0.6) is 0 Å². The minimum absolute atomic E-state index is 0.186. The van der Waals surface area contributed by atoms with Crippen LogP contribution in [0.1, 0.15) is 58.3 Å². The molecule has 0 aliphatic heterocycles. The van der Waals surface area contributed by atoms with E-state index in [0.29, 0.717) is 5.92 Å². The van der Waals surface area contributed by atoms with Gasteiger partial charge < -0.3 is 5.11 Å². The zero-order valence-electron chi connectivity index (χ0n) is 11.4. The molecule has 2 saturated carbocycles. The van der Waals surface area contributed by atoms with Crippen LogP contribution in [0, 0.1) is 28.6 Å². The first-order chi connectivity index (χ1) is 8.72. The van der Waals surface area contributed by atoms with Crippen molar-refractivity contribution in [1.29, 1.82) is 5.26 Å². The third-order valence-corrected chi connectivity index (χ3v) is 5.24. The molecular weight excluding hydrogens is 222 g/mol. The third kappa shape index (κ3) is 2.62. The van der Waals surface area contributed by atoms with Gasteiger partial charge in [-0.2, -0.15) is 5.26 Å². The van der Waals surface area contributed by atoms with Crippen molar-refractivity contribution in [3.63, 3.8) is 0 Å². The van der Waals surface area contributed by atoms with E-state index in [1.807, 2.05) is 0 Å². The van der Waals surface area contributed by atoms with Gasteiger partial charge >= 0.3 is 0 Å². The number of hydrogen-bond donors (Lipinski definition) is 1. The molecule has 1 N–H and O–H groups in total. The molecule has 0 aromatic carbocycles. The van der Waals surface area contributed by atoms with Gasteiger partial charge in [0.2, 0.25) is 0 Å². The Morgan fingerprint density at radius 1 is 1.39 bits per heavy atom. The highest BCUT2D eigenvalue weighted by atomic mass is 16.3. The monoisotopic (exact) mass is 247 g/mol. The van der Waals surface area contributed by atoms with Crippen LogP contribution in [0.2, 0.25) is 0 Å². The fraction of sp³-hybridized carbons (Fsp3) is 0.812. The highest BCUT2D eigenvalue weighted by Gasteiger charge is 2.40. The first kappa shape index (κ1) is 13.6. The zero-order chi connectivity index (χ0) is 13.0. The molecule has 0 aromatic heterocycles. The van der Waals surface area contributed by atoms with Crippen molar-refractivity contribution in [1.82, 2.24) is 0 Å². The summed E-state index contributed by atoms with van der Waals surface area (Å²) in [6.45, 7) is 2.19. The average molecular weight is 247 g/mol. The van der Waals surface area contributed by atoms with Crippen LogP contribution in [0.4, 0.5) is 0 Å². The summed E-state index contributed by atoms with van der Waals surface area (Å²) in [4.78, 5) is 0. The summed E-state index contributed by atoms with van der Waals surface area (Å²) < 4.78 is 0. The van der Waals surface area contributed by atoms with Crippen LogP contribution in [0.3, 0.4) is 0 Å². The Kier molecular flexibility index (Phi) is 4.45. The molecule has 2 aliphatic carbocycles. The third-order valence-electron chi connectivity index (χ3n) is 5.24. The minimum Gasteiger partial charge on any atom is -0.392 e. The van der Waals surface area contributed by atoms with Crippen LogP contribution in [-0.2, 0) is 0 Å². The molecule has 0 spiro atoms. The topological polar surface area (TPSA) is 44.0 Å². The van der Waals surface area contributed by atoms with Gasteiger partial charge in [-0.15, -0.1) is 0 Å². The largest absolute Gasteiger partial charge is 0.392 e. The maximum Gasteiger partial charge on any atom is 0.0661 e. The van der Waals surface area contributed by atoms with Crippen molar-refractivity contribution in [2.45, 2.75) is 64.4 Å². The smallest absolute Gasteiger partial charge is 0.0661 e. The van der Waals surface area contributed by atoms with Crippen molar-refractivity contribution in [3.05, 3.63) is 12.2 Å². The van der Waals surface area contributed by atoms with E-state index in [4.69, 9.17) is 5.26 Å². The van der Waals surface area contributed by atoms with Crippen LogP contribution >= 0.6 is 0 Å². The summed E-state index contributed by atoms with van der Waals surface area (Å²) in [6, 6.07) is 2.40. The van der Waals surface area contributed by atoms with E-state index in [-0.39, 0.29) is 17.4 Å². The van der Waals surface area contributed by atoms with Gasteiger partial charge in [-0.3, -0.25) is 0 Å². The lowest BCUT2D eigenvalue weighted by atomic mass is 9.63. The lowest BCUT2D eigenvalue weighted by molar-refractivity contribution is -0.0355. The number of aliphatic hydroxyl groups excluding tert-OH is 1. The highest BCUT2D eigenvalue weighted by molar-refractivity contribution is 5.04. The van der Waals surface area contributed by atoms with Crippen LogP contribution in [0.25, 0.3) is 0 Å². The summed E-state index contributed by atoms with van der Waals surface area (Å²) in [6.07, 6.45) is 13.0. The first-order valence-electron chi connectivity index (χ1n) is 7.46. The summed E-state index contributed by atoms with van der Waals surface area (Å²) in [7, 11) is 0.